The van der Waals surface area contributed by atoms with Crippen LogP contribution < -0.4 is 15.5 Å². The molecule has 3 rings (SSSR count). The lowest BCUT2D eigenvalue weighted by molar-refractivity contribution is 0.0626. The lowest BCUT2D eigenvalue weighted by Gasteiger charge is -2.48. The number of thioether (sulfide) groups is 1. The fourth-order valence-electron chi connectivity index (χ4n) is 4.08. The average molecular weight is 411 g/mol. The monoisotopic (exact) mass is 410 g/mol. The molecule has 1 aromatic rings. The Hall–Kier alpha value is -0.990. The summed E-state index contributed by atoms with van der Waals surface area (Å²) in [5.41, 5.74) is 1.36. The Morgan fingerprint density at radius 1 is 1.22 bits per heavy atom. The zero-order chi connectivity index (χ0) is 19.1. The minimum absolute atomic E-state index is 0.301. The number of guanidine groups is 1. The smallest absolute Gasteiger partial charge is 0.191 e. The van der Waals surface area contributed by atoms with Crippen molar-refractivity contribution in [2.24, 2.45) is 4.99 Å². The van der Waals surface area contributed by atoms with Crippen molar-refractivity contribution in [3.8, 4) is 0 Å². The number of aromatic nitrogens is 1. The van der Waals surface area contributed by atoms with Crippen molar-refractivity contribution in [1.29, 1.82) is 0 Å². The zero-order valence-corrected chi connectivity index (χ0v) is 18.6. The van der Waals surface area contributed by atoms with Gasteiger partial charge in [-0.2, -0.15) is 11.8 Å². The second-order valence-electron chi connectivity index (χ2n) is 7.68. The maximum Gasteiger partial charge on any atom is 0.191 e. The Labute approximate surface area is 172 Å². The maximum absolute atomic E-state index is 4.64. The quantitative estimate of drug-likeness (QED) is 0.555. The lowest BCUT2D eigenvalue weighted by atomic mass is 9.80. The molecular formula is C19H34N6S2. The molecular weight excluding hydrogens is 376 g/mol. The number of rotatable bonds is 6. The van der Waals surface area contributed by atoms with Gasteiger partial charge in [-0.1, -0.05) is 19.3 Å². The van der Waals surface area contributed by atoms with E-state index >= 15 is 0 Å². The standard InChI is InChI=1S/C19H34N6S2/c1-20-17(21-13-16-14-27-18(23-16)24(2)3)22-15-19(7-5-4-6-8-19)25-9-11-26-12-10-25/h14H,4-13,15H2,1-3H3,(H2,20,21,22). The van der Waals surface area contributed by atoms with Crippen LogP contribution in [0.25, 0.3) is 0 Å². The number of thiazole rings is 1. The van der Waals surface area contributed by atoms with E-state index in [4.69, 9.17) is 0 Å². The van der Waals surface area contributed by atoms with Crippen LogP contribution in [0.5, 0.6) is 0 Å². The van der Waals surface area contributed by atoms with Crippen LogP contribution in [-0.4, -0.2) is 73.7 Å². The minimum atomic E-state index is 0.301. The topological polar surface area (TPSA) is 55.8 Å². The van der Waals surface area contributed by atoms with Crippen molar-refractivity contribution < 1.29 is 0 Å². The first-order chi connectivity index (χ1) is 13.1. The molecule has 2 N–H and O–H groups in total. The molecule has 1 saturated heterocycles. The zero-order valence-electron chi connectivity index (χ0n) is 17.0. The Morgan fingerprint density at radius 2 is 1.96 bits per heavy atom. The van der Waals surface area contributed by atoms with Gasteiger partial charge in [0.15, 0.2) is 11.1 Å². The minimum Gasteiger partial charge on any atom is -0.355 e. The largest absolute Gasteiger partial charge is 0.355 e. The molecule has 8 heteroatoms. The highest BCUT2D eigenvalue weighted by atomic mass is 32.2. The fraction of sp³-hybridized carbons (Fsp3) is 0.789. The van der Waals surface area contributed by atoms with Crippen LogP contribution in [0.4, 0.5) is 5.13 Å². The Balaban J connectivity index is 1.55. The van der Waals surface area contributed by atoms with E-state index in [9.17, 15) is 0 Å². The van der Waals surface area contributed by atoms with Gasteiger partial charge < -0.3 is 15.5 Å². The molecule has 0 bridgehead atoms. The Bertz CT molecular complexity index is 603. The summed E-state index contributed by atoms with van der Waals surface area (Å²) in [4.78, 5) is 13.9. The molecule has 1 aliphatic carbocycles. The lowest BCUT2D eigenvalue weighted by Crippen LogP contribution is -2.59. The molecule has 0 radical (unpaired) electrons. The van der Waals surface area contributed by atoms with Crippen molar-refractivity contribution in [1.82, 2.24) is 20.5 Å². The van der Waals surface area contributed by atoms with E-state index in [0.29, 0.717) is 12.1 Å². The SMILES string of the molecule is CN=C(NCc1csc(N(C)C)n1)NCC1(N2CCSCC2)CCCCC1. The van der Waals surface area contributed by atoms with Crippen molar-refractivity contribution in [2.45, 2.75) is 44.2 Å². The van der Waals surface area contributed by atoms with E-state index in [2.05, 4.69) is 42.7 Å². The van der Waals surface area contributed by atoms with Crippen molar-refractivity contribution >= 4 is 34.2 Å². The van der Waals surface area contributed by atoms with Gasteiger partial charge in [0.25, 0.3) is 0 Å². The summed E-state index contributed by atoms with van der Waals surface area (Å²) in [7, 11) is 5.91. The maximum atomic E-state index is 4.64. The first kappa shape index (κ1) is 20.7. The van der Waals surface area contributed by atoms with Gasteiger partial charge in [-0.25, -0.2) is 4.98 Å². The Kier molecular flexibility index (Phi) is 7.66. The Morgan fingerprint density at radius 3 is 2.59 bits per heavy atom. The summed E-state index contributed by atoms with van der Waals surface area (Å²) in [5.74, 6) is 3.42. The molecule has 0 amide bonds. The molecule has 152 valence electrons. The molecule has 2 aliphatic rings. The van der Waals surface area contributed by atoms with Crippen LogP contribution in [0, 0.1) is 0 Å². The third-order valence-corrected chi connectivity index (χ3v) is 7.63. The summed E-state index contributed by atoms with van der Waals surface area (Å²) in [6.45, 7) is 4.14. The van der Waals surface area contributed by atoms with Crippen molar-refractivity contribution in [3.63, 3.8) is 0 Å². The van der Waals surface area contributed by atoms with Gasteiger partial charge >= 0.3 is 0 Å². The first-order valence-corrected chi connectivity index (χ1v) is 12.1. The highest BCUT2D eigenvalue weighted by Crippen LogP contribution is 2.34. The molecule has 1 aliphatic heterocycles. The van der Waals surface area contributed by atoms with E-state index in [1.165, 1.54) is 56.7 Å². The predicted molar refractivity (Wildman–Crippen MR) is 119 cm³/mol. The highest BCUT2D eigenvalue weighted by Gasteiger charge is 2.38. The molecule has 2 heterocycles. The number of anilines is 1. The van der Waals surface area contributed by atoms with Gasteiger partial charge in [0.2, 0.25) is 0 Å². The van der Waals surface area contributed by atoms with Crippen LogP contribution in [0.3, 0.4) is 0 Å². The number of nitrogens with zero attached hydrogens (tertiary/aromatic N) is 4. The van der Waals surface area contributed by atoms with E-state index in [1.807, 2.05) is 26.0 Å². The van der Waals surface area contributed by atoms with Gasteiger partial charge in [-0.05, 0) is 12.8 Å². The van der Waals surface area contributed by atoms with Crippen molar-refractivity contribution in [2.75, 3.05) is 57.2 Å². The summed E-state index contributed by atoms with van der Waals surface area (Å²) < 4.78 is 0. The van der Waals surface area contributed by atoms with Gasteiger partial charge in [-0.15, -0.1) is 11.3 Å². The summed E-state index contributed by atoms with van der Waals surface area (Å²) in [6, 6.07) is 0. The molecule has 0 spiro atoms. The van der Waals surface area contributed by atoms with Crippen LogP contribution in [0.2, 0.25) is 0 Å². The normalized spacial score (nSPS) is 21.1. The van der Waals surface area contributed by atoms with E-state index in [1.54, 1.807) is 11.3 Å². The molecule has 1 saturated carbocycles. The molecule has 6 nitrogen and oxygen atoms in total. The van der Waals surface area contributed by atoms with Crippen molar-refractivity contribution in [3.05, 3.63) is 11.1 Å². The second-order valence-corrected chi connectivity index (χ2v) is 9.74. The predicted octanol–water partition coefficient (Wildman–Crippen LogP) is 2.63. The van der Waals surface area contributed by atoms with Crippen LogP contribution in [-0.2, 0) is 6.54 Å². The van der Waals surface area contributed by atoms with Gasteiger partial charge in [-0.3, -0.25) is 9.89 Å². The molecule has 1 aromatic heterocycles. The van der Waals surface area contributed by atoms with E-state index < -0.39 is 0 Å². The van der Waals surface area contributed by atoms with Crippen LogP contribution >= 0.6 is 23.1 Å². The summed E-state index contributed by atoms with van der Waals surface area (Å²) in [6.07, 6.45) is 6.70. The number of hydrogen-bond donors (Lipinski definition) is 2. The van der Waals surface area contributed by atoms with Crippen LogP contribution in [0.15, 0.2) is 10.4 Å². The summed E-state index contributed by atoms with van der Waals surface area (Å²) >= 11 is 3.77. The molecule has 0 atom stereocenters. The molecule has 2 fully saturated rings. The van der Waals surface area contributed by atoms with Gasteiger partial charge in [0.1, 0.15) is 0 Å². The first-order valence-electron chi connectivity index (χ1n) is 10.0. The highest BCUT2D eigenvalue weighted by molar-refractivity contribution is 7.99. The van der Waals surface area contributed by atoms with Crippen LogP contribution in [0.1, 0.15) is 37.8 Å². The second kappa shape index (κ2) is 9.98. The number of nitrogens with one attached hydrogen (secondary N) is 2. The molecule has 0 aromatic carbocycles. The third kappa shape index (κ3) is 5.51. The van der Waals surface area contributed by atoms with Gasteiger partial charge in [0, 0.05) is 63.2 Å². The van der Waals surface area contributed by atoms with Gasteiger partial charge in [0.05, 0.1) is 12.2 Å². The average Bonchev–Trinajstić information content (AvgIpc) is 3.19. The van der Waals surface area contributed by atoms with E-state index in [-0.39, 0.29) is 0 Å². The summed E-state index contributed by atoms with van der Waals surface area (Å²) in [5, 5.41) is 10.2. The fourth-order valence-corrected chi connectivity index (χ4v) is 5.74. The third-order valence-electron chi connectivity index (χ3n) is 5.63. The molecule has 27 heavy (non-hydrogen) atoms. The molecule has 0 unspecified atom stereocenters. The number of hydrogen-bond acceptors (Lipinski definition) is 6. The number of aliphatic imine (C=N–C) groups is 1. The van der Waals surface area contributed by atoms with E-state index in [0.717, 1.165) is 23.3 Å².